The fourth-order valence-electron chi connectivity index (χ4n) is 3.52. The number of hydrogen-bond donors (Lipinski definition) is 0. The number of likely N-dealkylation sites (tertiary alicyclic amines) is 1. The van der Waals surface area contributed by atoms with Crippen molar-refractivity contribution in [2.24, 2.45) is 5.92 Å². The summed E-state index contributed by atoms with van der Waals surface area (Å²) in [7, 11) is 0. The molecule has 3 rings (SSSR count). The van der Waals surface area contributed by atoms with E-state index in [0.717, 1.165) is 19.5 Å². The molecule has 0 radical (unpaired) electrons. The van der Waals surface area contributed by atoms with Gasteiger partial charge in [0, 0.05) is 19.5 Å². The summed E-state index contributed by atoms with van der Waals surface area (Å²) >= 11 is 0. The number of fused-ring (bicyclic) bond motifs is 1. The van der Waals surface area contributed by atoms with Gasteiger partial charge in [-0.15, -0.1) is 0 Å². The van der Waals surface area contributed by atoms with E-state index in [1.165, 1.54) is 12.5 Å². The Morgan fingerprint density at radius 3 is 2.91 bits per heavy atom. The molecule has 1 fully saturated rings. The molecule has 120 valence electrons. The van der Waals surface area contributed by atoms with Crippen LogP contribution in [0, 0.1) is 5.92 Å². The molecule has 0 bridgehead atoms. The van der Waals surface area contributed by atoms with Crippen molar-refractivity contribution in [3.63, 3.8) is 0 Å². The molecule has 1 aromatic rings. The van der Waals surface area contributed by atoms with Gasteiger partial charge < -0.3 is 9.90 Å². The number of hydrogen-bond acceptors (Lipinski definition) is 4. The van der Waals surface area contributed by atoms with Gasteiger partial charge in [-0.05, 0) is 48.9 Å². The van der Waals surface area contributed by atoms with Gasteiger partial charge in [0.05, 0.1) is 11.7 Å². The van der Waals surface area contributed by atoms with Gasteiger partial charge in [0.2, 0.25) is 0 Å². The number of alkyl halides is 2. The second-order valence-corrected chi connectivity index (χ2v) is 6.47. The van der Waals surface area contributed by atoms with Crippen molar-refractivity contribution in [3.05, 3.63) is 28.6 Å². The summed E-state index contributed by atoms with van der Waals surface area (Å²) in [4.78, 5) is 16.9. The SMILES string of the molecule is C[C@H]1CCCN(Cc2cc(C(=O)[O-])nc3c2CCC3(F)F)C1.[Li+]. The summed E-state index contributed by atoms with van der Waals surface area (Å²) in [5.41, 5.74) is 0.429. The third-order valence-electron chi connectivity index (χ3n) is 4.60. The number of nitrogens with zero attached hydrogens (tertiary/aromatic N) is 2. The van der Waals surface area contributed by atoms with Crippen molar-refractivity contribution in [2.75, 3.05) is 13.1 Å². The summed E-state index contributed by atoms with van der Waals surface area (Å²) in [5.74, 6) is -3.96. The van der Waals surface area contributed by atoms with E-state index in [0.29, 0.717) is 23.6 Å². The van der Waals surface area contributed by atoms with Gasteiger partial charge in [-0.1, -0.05) is 6.92 Å². The van der Waals surface area contributed by atoms with Crippen molar-refractivity contribution in [3.8, 4) is 0 Å². The molecule has 7 heteroatoms. The molecule has 1 aliphatic heterocycles. The van der Waals surface area contributed by atoms with E-state index in [4.69, 9.17) is 0 Å². The maximum atomic E-state index is 13.9. The van der Waals surface area contributed by atoms with E-state index < -0.39 is 11.9 Å². The largest absolute Gasteiger partial charge is 1.00 e. The van der Waals surface area contributed by atoms with E-state index >= 15 is 0 Å². The quantitative estimate of drug-likeness (QED) is 0.652. The van der Waals surface area contributed by atoms with Gasteiger partial charge in [0.1, 0.15) is 5.69 Å². The fraction of sp³-hybridized carbons (Fsp3) is 0.625. The summed E-state index contributed by atoms with van der Waals surface area (Å²) in [6.45, 7) is 4.50. The maximum Gasteiger partial charge on any atom is 1.00 e. The van der Waals surface area contributed by atoms with Crippen molar-refractivity contribution in [1.82, 2.24) is 9.88 Å². The van der Waals surface area contributed by atoms with Crippen LogP contribution in [0.25, 0.3) is 0 Å². The predicted octanol–water partition coefficient (Wildman–Crippen LogP) is -1.28. The second-order valence-electron chi connectivity index (χ2n) is 6.47. The Bertz CT molecular complexity index is 610. The van der Waals surface area contributed by atoms with E-state index in [1.54, 1.807) is 0 Å². The molecule has 0 spiro atoms. The van der Waals surface area contributed by atoms with Gasteiger partial charge in [-0.3, -0.25) is 4.90 Å². The summed E-state index contributed by atoms with van der Waals surface area (Å²) in [5, 5.41) is 11.1. The van der Waals surface area contributed by atoms with E-state index in [1.807, 2.05) is 0 Å². The molecule has 1 aliphatic carbocycles. The summed E-state index contributed by atoms with van der Waals surface area (Å²) in [6.07, 6.45) is 2.21. The molecule has 0 amide bonds. The number of piperidine rings is 1. The summed E-state index contributed by atoms with van der Waals surface area (Å²) < 4.78 is 27.8. The maximum absolute atomic E-state index is 13.9. The Labute approximate surface area is 146 Å². The first-order chi connectivity index (χ1) is 10.4. The molecule has 0 N–H and O–H groups in total. The molecule has 23 heavy (non-hydrogen) atoms. The fourth-order valence-corrected chi connectivity index (χ4v) is 3.52. The molecule has 0 aromatic carbocycles. The standard InChI is InChI=1S/C16H20F2N2O2.Li/c1-10-3-2-6-20(8-10)9-11-7-13(15(21)22)19-14-12(11)4-5-16(14,17)18;/h7,10H,2-6,8-9H2,1H3,(H,21,22);/q;+1/p-1/t10-;/m0./s1. The average Bonchev–Trinajstić information content (AvgIpc) is 2.75. The minimum Gasteiger partial charge on any atom is -0.543 e. The number of carbonyl (C=O) groups excluding carboxylic acids is 1. The van der Waals surface area contributed by atoms with Gasteiger partial charge in [-0.25, -0.2) is 4.98 Å². The molecule has 1 saturated heterocycles. The van der Waals surface area contributed by atoms with Gasteiger partial charge in [0.15, 0.2) is 0 Å². The van der Waals surface area contributed by atoms with Crippen LogP contribution >= 0.6 is 0 Å². The Hall–Kier alpha value is -0.963. The minimum atomic E-state index is -3.04. The molecule has 2 aliphatic rings. The zero-order valence-corrected chi connectivity index (χ0v) is 13.6. The molecule has 2 heterocycles. The van der Waals surface area contributed by atoms with E-state index in [2.05, 4.69) is 16.8 Å². The topological polar surface area (TPSA) is 56.3 Å². The third kappa shape index (κ3) is 3.76. The number of carbonyl (C=O) groups is 1. The molecular weight excluding hydrogens is 297 g/mol. The van der Waals surface area contributed by atoms with Crippen LogP contribution in [0.2, 0.25) is 0 Å². The monoisotopic (exact) mass is 316 g/mol. The molecule has 1 aromatic heterocycles. The van der Waals surface area contributed by atoms with E-state index in [-0.39, 0.29) is 43.1 Å². The minimum absolute atomic E-state index is 0. The number of aromatic carboxylic acids is 1. The molecule has 1 atom stereocenters. The number of rotatable bonds is 3. The van der Waals surface area contributed by atoms with Gasteiger partial charge in [-0.2, -0.15) is 8.78 Å². The number of aromatic nitrogens is 1. The van der Waals surface area contributed by atoms with Crippen LogP contribution in [-0.4, -0.2) is 28.9 Å². The normalized spacial score (nSPS) is 23.2. The van der Waals surface area contributed by atoms with Crippen LogP contribution in [-0.2, 0) is 18.9 Å². The number of pyridine rings is 1. The van der Waals surface area contributed by atoms with Gasteiger partial charge in [0.25, 0.3) is 5.92 Å². The first-order valence-corrected chi connectivity index (χ1v) is 7.71. The van der Waals surface area contributed by atoms with Crippen LogP contribution < -0.4 is 24.0 Å². The van der Waals surface area contributed by atoms with Crippen molar-refractivity contribution >= 4 is 5.97 Å². The predicted molar refractivity (Wildman–Crippen MR) is 74.5 cm³/mol. The number of carboxylic acids is 1. The van der Waals surface area contributed by atoms with Crippen LogP contribution in [0.5, 0.6) is 0 Å². The molecule has 0 unspecified atom stereocenters. The van der Waals surface area contributed by atoms with Crippen LogP contribution in [0.15, 0.2) is 6.07 Å². The van der Waals surface area contributed by atoms with E-state index in [9.17, 15) is 18.7 Å². The Morgan fingerprint density at radius 1 is 1.52 bits per heavy atom. The smallest absolute Gasteiger partial charge is 0.543 e. The number of carboxylic acid groups (broad SMARTS) is 1. The Kier molecular flexibility index (Phi) is 5.50. The average molecular weight is 316 g/mol. The second kappa shape index (κ2) is 6.88. The molecule has 0 saturated carbocycles. The number of halogens is 2. The van der Waals surface area contributed by atoms with Gasteiger partial charge >= 0.3 is 18.9 Å². The first-order valence-electron chi connectivity index (χ1n) is 7.71. The molecule has 4 nitrogen and oxygen atoms in total. The Morgan fingerprint density at radius 2 is 2.26 bits per heavy atom. The first kappa shape index (κ1) is 18.4. The zero-order chi connectivity index (χ0) is 15.9. The van der Waals surface area contributed by atoms with Crippen molar-refractivity contribution in [1.29, 1.82) is 0 Å². The van der Waals surface area contributed by atoms with Crippen LogP contribution in [0.3, 0.4) is 0 Å². The molecular formula is C16H19F2LiN2O2. The van der Waals surface area contributed by atoms with Crippen LogP contribution in [0.1, 0.15) is 53.5 Å². The van der Waals surface area contributed by atoms with Crippen molar-refractivity contribution < 1.29 is 37.5 Å². The zero-order valence-electron chi connectivity index (χ0n) is 13.6. The Balaban J connectivity index is 0.00000192. The third-order valence-corrected chi connectivity index (χ3v) is 4.60. The summed E-state index contributed by atoms with van der Waals surface area (Å²) in [6, 6.07) is 1.41. The van der Waals surface area contributed by atoms with Crippen molar-refractivity contribution in [2.45, 2.75) is 45.1 Å². The van der Waals surface area contributed by atoms with Crippen LogP contribution in [0.4, 0.5) is 8.78 Å².